The minimum Gasteiger partial charge on any atom is -0.479 e. The summed E-state index contributed by atoms with van der Waals surface area (Å²) in [6, 6.07) is 6.96. The molecule has 22 heavy (non-hydrogen) atoms. The summed E-state index contributed by atoms with van der Waals surface area (Å²) in [5, 5.41) is 12.1. The molecule has 2 N–H and O–H groups in total. The van der Waals surface area contributed by atoms with Crippen molar-refractivity contribution in [1.82, 2.24) is 14.9 Å². The Balaban J connectivity index is 1.76. The molecule has 0 aliphatic carbocycles. The van der Waals surface area contributed by atoms with Crippen molar-refractivity contribution in [2.24, 2.45) is 0 Å². The first-order valence-electron chi connectivity index (χ1n) is 6.83. The van der Waals surface area contributed by atoms with Crippen molar-refractivity contribution in [1.29, 1.82) is 0 Å². The van der Waals surface area contributed by atoms with E-state index < -0.39 is 11.5 Å². The lowest BCUT2D eigenvalue weighted by Crippen LogP contribution is -2.54. The van der Waals surface area contributed by atoms with Crippen LogP contribution in [0.15, 0.2) is 43.0 Å². The predicted octanol–water partition coefficient (Wildman–Crippen LogP) is 1.56. The molecular formula is C15H15N3O3S. The second kappa shape index (κ2) is 5.84. The predicted molar refractivity (Wildman–Crippen MR) is 83.3 cm³/mol. The van der Waals surface area contributed by atoms with Crippen LogP contribution in [0.4, 0.5) is 0 Å². The number of nitrogens with one attached hydrogen (secondary N) is 1. The Morgan fingerprint density at radius 1 is 1.32 bits per heavy atom. The number of benzene rings is 1. The molecule has 3 rings (SSSR count). The van der Waals surface area contributed by atoms with E-state index in [0.717, 1.165) is 11.4 Å². The van der Waals surface area contributed by atoms with Crippen LogP contribution in [0, 0.1) is 0 Å². The molecule has 1 unspecified atom stereocenters. The van der Waals surface area contributed by atoms with Gasteiger partial charge in [0.15, 0.2) is 0 Å². The van der Waals surface area contributed by atoms with Gasteiger partial charge in [0.25, 0.3) is 5.91 Å². The molecule has 1 atom stereocenters. The van der Waals surface area contributed by atoms with Gasteiger partial charge in [0.2, 0.25) is 0 Å². The number of carbonyl (C=O) groups is 2. The van der Waals surface area contributed by atoms with Gasteiger partial charge in [-0.15, -0.1) is 0 Å². The minimum atomic E-state index is -1.15. The third kappa shape index (κ3) is 2.71. The summed E-state index contributed by atoms with van der Waals surface area (Å²) in [5.41, 5.74) is 0.185. The maximum atomic E-state index is 12.3. The maximum absolute atomic E-state index is 12.3. The number of hydrogen-bond acceptors (Lipinski definition) is 4. The minimum absolute atomic E-state index is 0.359. The zero-order valence-electron chi connectivity index (χ0n) is 11.7. The molecular weight excluding hydrogens is 302 g/mol. The highest BCUT2D eigenvalue weighted by Gasteiger charge is 2.43. The summed E-state index contributed by atoms with van der Waals surface area (Å²) in [6.45, 7) is 0. The fourth-order valence-electron chi connectivity index (χ4n) is 2.37. The fourth-order valence-corrected chi connectivity index (χ4v) is 3.70. The summed E-state index contributed by atoms with van der Waals surface area (Å²) in [4.78, 5) is 27.7. The number of carboxylic acid groups (broad SMARTS) is 1. The second-order valence-corrected chi connectivity index (χ2v) is 6.27. The van der Waals surface area contributed by atoms with Crippen LogP contribution < -0.4 is 5.32 Å². The average Bonchev–Trinajstić information content (AvgIpc) is 3.19. The van der Waals surface area contributed by atoms with Gasteiger partial charge in [-0.05, 0) is 36.4 Å². The Morgan fingerprint density at radius 3 is 2.64 bits per heavy atom. The highest BCUT2D eigenvalue weighted by Crippen LogP contribution is 2.28. The van der Waals surface area contributed by atoms with Gasteiger partial charge in [-0.3, -0.25) is 4.79 Å². The number of amides is 1. The van der Waals surface area contributed by atoms with Gasteiger partial charge in [-0.1, -0.05) is 0 Å². The van der Waals surface area contributed by atoms with Gasteiger partial charge in [0, 0.05) is 29.4 Å². The number of imidazole rings is 1. The average molecular weight is 317 g/mol. The lowest BCUT2D eigenvalue weighted by atomic mass is 9.98. The zero-order chi connectivity index (χ0) is 15.6. The molecule has 2 heterocycles. The first kappa shape index (κ1) is 14.6. The lowest BCUT2D eigenvalue weighted by Gasteiger charge is -2.24. The number of carbonyl (C=O) groups excluding carboxylic acids is 1. The van der Waals surface area contributed by atoms with Gasteiger partial charge in [-0.2, -0.15) is 11.8 Å². The number of thioether (sulfide) groups is 1. The van der Waals surface area contributed by atoms with Crippen molar-refractivity contribution in [3.8, 4) is 5.69 Å². The number of aliphatic carboxylic acids is 1. The molecule has 2 aromatic rings. The van der Waals surface area contributed by atoms with E-state index in [4.69, 9.17) is 0 Å². The van der Waals surface area contributed by atoms with Crippen LogP contribution in [0.5, 0.6) is 0 Å². The standard InChI is InChI=1S/C15H15N3O3S/c19-13(17-15(14(20)21)5-8-22-9-15)11-1-3-12(4-2-11)18-7-6-16-10-18/h1-4,6-7,10H,5,8-9H2,(H,17,19)(H,20,21). The van der Waals surface area contributed by atoms with Crippen LogP contribution in [0.3, 0.4) is 0 Å². The Kier molecular flexibility index (Phi) is 3.89. The number of nitrogens with zero attached hydrogens (tertiary/aromatic N) is 2. The van der Waals surface area contributed by atoms with Crippen molar-refractivity contribution < 1.29 is 14.7 Å². The van der Waals surface area contributed by atoms with Gasteiger partial charge in [0.05, 0.1) is 6.33 Å². The van der Waals surface area contributed by atoms with E-state index >= 15 is 0 Å². The smallest absolute Gasteiger partial charge is 0.330 e. The van der Waals surface area contributed by atoms with Gasteiger partial charge >= 0.3 is 5.97 Å². The van der Waals surface area contributed by atoms with E-state index in [2.05, 4.69) is 10.3 Å². The molecule has 0 saturated carbocycles. The van der Waals surface area contributed by atoms with Crippen LogP contribution in [0.1, 0.15) is 16.8 Å². The molecule has 1 saturated heterocycles. The van der Waals surface area contributed by atoms with Crippen LogP contribution in [0.2, 0.25) is 0 Å². The number of hydrogen-bond donors (Lipinski definition) is 2. The first-order chi connectivity index (χ1) is 10.6. The molecule has 0 bridgehead atoms. The zero-order valence-corrected chi connectivity index (χ0v) is 12.5. The van der Waals surface area contributed by atoms with E-state index in [9.17, 15) is 14.7 Å². The highest BCUT2D eigenvalue weighted by molar-refractivity contribution is 7.99. The number of aromatic nitrogens is 2. The highest BCUT2D eigenvalue weighted by atomic mass is 32.2. The lowest BCUT2D eigenvalue weighted by molar-refractivity contribution is -0.143. The summed E-state index contributed by atoms with van der Waals surface area (Å²) in [7, 11) is 0. The maximum Gasteiger partial charge on any atom is 0.330 e. The van der Waals surface area contributed by atoms with Crippen molar-refractivity contribution in [3.05, 3.63) is 48.5 Å². The molecule has 0 radical (unpaired) electrons. The summed E-state index contributed by atoms with van der Waals surface area (Å²) in [6.07, 6.45) is 5.61. The largest absolute Gasteiger partial charge is 0.479 e. The van der Waals surface area contributed by atoms with E-state index in [0.29, 0.717) is 17.7 Å². The van der Waals surface area contributed by atoms with E-state index in [-0.39, 0.29) is 5.91 Å². The van der Waals surface area contributed by atoms with E-state index in [1.165, 1.54) is 0 Å². The molecule has 1 aliphatic heterocycles. The molecule has 7 heteroatoms. The van der Waals surface area contributed by atoms with E-state index in [1.54, 1.807) is 48.6 Å². The molecule has 1 aromatic carbocycles. The monoisotopic (exact) mass is 317 g/mol. The molecule has 1 aliphatic rings. The van der Waals surface area contributed by atoms with Gasteiger partial charge in [-0.25, -0.2) is 9.78 Å². The fraction of sp³-hybridized carbons (Fsp3) is 0.267. The summed E-state index contributed by atoms with van der Waals surface area (Å²) < 4.78 is 1.83. The van der Waals surface area contributed by atoms with Crippen molar-refractivity contribution in [3.63, 3.8) is 0 Å². The SMILES string of the molecule is O=C(NC1(C(=O)O)CCSC1)c1ccc(-n2ccnc2)cc1. The van der Waals surface area contributed by atoms with Crippen molar-refractivity contribution >= 4 is 23.6 Å². The summed E-state index contributed by atoms with van der Waals surface area (Å²) in [5.74, 6) is -0.184. The van der Waals surface area contributed by atoms with Crippen LogP contribution in [0.25, 0.3) is 5.69 Å². The Hall–Kier alpha value is -2.28. The van der Waals surface area contributed by atoms with Crippen molar-refractivity contribution in [2.75, 3.05) is 11.5 Å². The van der Waals surface area contributed by atoms with Gasteiger partial charge in [0.1, 0.15) is 5.54 Å². The van der Waals surface area contributed by atoms with Crippen LogP contribution in [-0.2, 0) is 4.79 Å². The quantitative estimate of drug-likeness (QED) is 0.894. The topological polar surface area (TPSA) is 84.2 Å². The molecule has 0 spiro atoms. The molecule has 1 fully saturated rings. The third-order valence-corrected chi connectivity index (χ3v) is 4.91. The Labute approximate surface area is 131 Å². The second-order valence-electron chi connectivity index (χ2n) is 5.16. The molecule has 6 nitrogen and oxygen atoms in total. The van der Waals surface area contributed by atoms with E-state index in [1.807, 2.05) is 10.8 Å². The number of rotatable bonds is 4. The Morgan fingerprint density at radius 2 is 2.09 bits per heavy atom. The summed E-state index contributed by atoms with van der Waals surface area (Å²) >= 11 is 1.54. The molecule has 1 aromatic heterocycles. The van der Waals surface area contributed by atoms with Gasteiger partial charge < -0.3 is 15.0 Å². The van der Waals surface area contributed by atoms with Crippen LogP contribution in [-0.4, -0.2) is 43.6 Å². The first-order valence-corrected chi connectivity index (χ1v) is 7.98. The molecule has 1 amide bonds. The Bertz CT molecular complexity index is 677. The number of carboxylic acids is 1. The molecule has 114 valence electrons. The van der Waals surface area contributed by atoms with Crippen LogP contribution >= 0.6 is 11.8 Å². The third-order valence-electron chi connectivity index (χ3n) is 3.72. The van der Waals surface area contributed by atoms with Crippen molar-refractivity contribution in [2.45, 2.75) is 12.0 Å². The normalized spacial score (nSPS) is 20.7.